The summed E-state index contributed by atoms with van der Waals surface area (Å²) in [5, 5.41) is 7.16. The first kappa shape index (κ1) is 14.4. The molecule has 2 aliphatic rings. The molecule has 21 heavy (non-hydrogen) atoms. The lowest BCUT2D eigenvalue weighted by molar-refractivity contribution is 0.0705. The Bertz CT molecular complexity index is 485. The van der Waals surface area contributed by atoms with Gasteiger partial charge in [0.25, 0.3) is 0 Å². The SMILES string of the molecule is Cn1cc(CNC(=O)N2CCCC3(CCCCC3)C2)cn1. The largest absolute Gasteiger partial charge is 0.334 e. The third-order valence-electron chi connectivity index (χ3n) is 5.06. The Hall–Kier alpha value is -1.52. The summed E-state index contributed by atoms with van der Waals surface area (Å²) >= 11 is 0. The second kappa shape index (κ2) is 6.08. The van der Waals surface area contributed by atoms with Crippen molar-refractivity contribution in [2.45, 2.75) is 51.5 Å². The first-order chi connectivity index (χ1) is 10.2. The second-order valence-electron chi connectivity index (χ2n) is 6.77. The second-order valence-corrected chi connectivity index (χ2v) is 6.77. The van der Waals surface area contributed by atoms with Crippen LogP contribution in [0.1, 0.15) is 50.5 Å². The predicted molar refractivity (Wildman–Crippen MR) is 81.8 cm³/mol. The van der Waals surface area contributed by atoms with Gasteiger partial charge in [0.05, 0.1) is 6.20 Å². The lowest BCUT2D eigenvalue weighted by Crippen LogP contribution is -2.50. The Kier molecular flexibility index (Phi) is 4.17. The van der Waals surface area contributed by atoms with Gasteiger partial charge in [-0.15, -0.1) is 0 Å². The molecule has 1 aliphatic carbocycles. The molecule has 1 saturated heterocycles. The number of urea groups is 1. The normalized spacial score (nSPS) is 21.5. The van der Waals surface area contributed by atoms with Gasteiger partial charge in [0, 0.05) is 38.4 Å². The zero-order chi connectivity index (χ0) is 14.7. The summed E-state index contributed by atoms with van der Waals surface area (Å²) in [6.07, 6.45) is 12.9. The topological polar surface area (TPSA) is 50.2 Å². The molecule has 1 saturated carbocycles. The molecule has 1 spiro atoms. The van der Waals surface area contributed by atoms with Crippen LogP contribution in [0.5, 0.6) is 0 Å². The van der Waals surface area contributed by atoms with Crippen molar-refractivity contribution in [1.29, 1.82) is 0 Å². The summed E-state index contributed by atoms with van der Waals surface area (Å²) in [7, 11) is 1.89. The van der Waals surface area contributed by atoms with Gasteiger partial charge in [-0.2, -0.15) is 5.10 Å². The van der Waals surface area contributed by atoms with E-state index in [1.807, 2.05) is 18.1 Å². The number of piperidine rings is 1. The highest BCUT2D eigenvalue weighted by molar-refractivity contribution is 5.74. The van der Waals surface area contributed by atoms with E-state index < -0.39 is 0 Å². The van der Waals surface area contributed by atoms with Crippen LogP contribution in [0.3, 0.4) is 0 Å². The maximum Gasteiger partial charge on any atom is 0.317 e. The van der Waals surface area contributed by atoms with Crippen LogP contribution in [0.25, 0.3) is 0 Å². The molecule has 0 unspecified atom stereocenters. The van der Waals surface area contributed by atoms with Crippen LogP contribution in [0.15, 0.2) is 12.4 Å². The Morgan fingerprint density at radius 2 is 2.05 bits per heavy atom. The van der Waals surface area contributed by atoms with Crippen LogP contribution in [0.4, 0.5) is 4.79 Å². The monoisotopic (exact) mass is 290 g/mol. The number of carbonyl (C=O) groups is 1. The highest BCUT2D eigenvalue weighted by Gasteiger charge is 2.37. The smallest absolute Gasteiger partial charge is 0.317 e. The summed E-state index contributed by atoms with van der Waals surface area (Å²) in [4.78, 5) is 14.4. The molecule has 0 bridgehead atoms. The standard InChI is InChI=1S/C16H26N4O/c1-19-12-14(11-18-19)10-17-15(21)20-9-5-8-16(13-20)6-3-2-4-7-16/h11-12H,2-10,13H2,1H3,(H,17,21). The molecule has 0 aromatic carbocycles. The fourth-order valence-corrected chi connectivity index (χ4v) is 3.94. The number of hydrogen-bond acceptors (Lipinski definition) is 2. The van der Waals surface area contributed by atoms with Gasteiger partial charge < -0.3 is 10.2 Å². The molecule has 2 heterocycles. The van der Waals surface area contributed by atoms with Crippen molar-refractivity contribution >= 4 is 6.03 Å². The third kappa shape index (κ3) is 3.39. The summed E-state index contributed by atoms with van der Waals surface area (Å²) in [6.45, 7) is 2.42. The zero-order valence-corrected chi connectivity index (χ0v) is 13.0. The highest BCUT2D eigenvalue weighted by atomic mass is 16.2. The van der Waals surface area contributed by atoms with Gasteiger partial charge in [0.2, 0.25) is 0 Å². The Morgan fingerprint density at radius 3 is 2.76 bits per heavy atom. The van der Waals surface area contributed by atoms with Crippen molar-refractivity contribution in [1.82, 2.24) is 20.0 Å². The van der Waals surface area contributed by atoms with E-state index in [1.165, 1.54) is 38.5 Å². The number of carbonyl (C=O) groups excluding carboxylic acids is 1. The molecule has 5 heteroatoms. The van der Waals surface area contributed by atoms with Crippen molar-refractivity contribution in [2.24, 2.45) is 12.5 Å². The molecule has 1 aromatic heterocycles. The molecular weight excluding hydrogens is 264 g/mol. The minimum atomic E-state index is 0.0866. The lowest BCUT2D eigenvalue weighted by atomic mass is 9.69. The average molecular weight is 290 g/mol. The van der Waals surface area contributed by atoms with Crippen molar-refractivity contribution in [3.8, 4) is 0 Å². The number of hydrogen-bond donors (Lipinski definition) is 1. The number of nitrogens with zero attached hydrogens (tertiary/aromatic N) is 3. The van der Waals surface area contributed by atoms with E-state index in [4.69, 9.17) is 0 Å². The lowest BCUT2D eigenvalue weighted by Gasteiger charge is -2.45. The molecule has 1 aromatic rings. The number of nitrogens with one attached hydrogen (secondary N) is 1. The Morgan fingerprint density at radius 1 is 1.29 bits per heavy atom. The van der Waals surface area contributed by atoms with E-state index in [-0.39, 0.29) is 6.03 Å². The van der Waals surface area contributed by atoms with Gasteiger partial charge >= 0.3 is 6.03 Å². The first-order valence-corrected chi connectivity index (χ1v) is 8.17. The van der Waals surface area contributed by atoms with E-state index in [0.717, 1.165) is 25.1 Å². The van der Waals surface area contributed by atoms with Crippen LogP contribution in [0.2, 0.25) is 0 Å². The number of aromatic nitrogens is 2. The molecule has 2 fully saturated rings. The van der Waals surface area contributed by atoms with Gasteiger partial charge in [0.1, 0.15) is 0 Å². The van der Waals surface area contributed by atoms with Crippen LogP contribution in [0, 0.1) is 5.41 Å². The van der Waals surface area contributed by atoms with Crippen LogP contribution in [-0.2, 0) is 13.6 Å². The van der Waals surface area contributed by atoms with E-state index in [2.05, 4.69) is 10.4 Å². The van der Waals surface area contributed by atoms with Gasteiger partial charge in [-0.1, -0.05) is 19.3 Å². The number of rotatable bonds is 2. The van der Waals surface area contributed by atoms with Crippen molar-refractivity contribution in [2.75, 3.05) is 13.1 Å². The number of amides is 2. The number of aryl methyl sites for hydroxylation is 1. The van der Waals surface area contributed by atoms with E-state index in [0.29, 0.717) is 12.0 Å². The summed E-state index contributed by atoms with van der Waals surface area (Å²) < 4.78 is 1.76. The van der Waals surface area contributed by atoms with Crippen LogP contribution in [-0.4, -0.2) is 33.8 Å². The molecule has 116 valence electrons. The van der Waals surface area contributed by atoms with Crippen LogP contribution >= 0.6 is 0 Å². The fraction of sp³-hybridized carbons (Fsp3) is 0.750. The first-order valence-electron chi connectivity index (χ1n) is 8.17. The summed E-state index contributed by atoms with van der Waals surface area (Å²) in [5.41, 5.74) is 1.47. The summed E-state index contributed by atoms with van der Waals surface area (Å²) in [6, 6.07) is 0.0866. The van der Waals surface area contributed by atoms with Crippen LogP contribution < -0.4 is 5.32 Å². The molecule has 3 rings (SSSR count). The fourth-order valence-electron chi connectivity index (χ4n) is 3.94. The third-order valence-corrected chi connectivity index (χ3v) is 5.06. The maximum atomic E-state index is 12.4. The minimum absolute atomic E-state index is 0.0866. The molecule has 0 radical (unpaired) electrons. The Labute approximate surface area is 126 Å². The van der Waals surface area contributed by atoms with Crippen molar-refractivity contribution in [3.63, 3.8) is 0 Å². The van der Waals surface area contributed by atoms with Crippen molar-refractivity contribution in [3.05, 3.63) is 18.0 Å². The molecule has 0 atom stereocenters. The molecule has 5 nitrogen and oxygen atoms in total. The zero-order valence-electron chi connectivity index (χ0n) is 13.0. The van der Waals surface area contributed by atoms with Gasteiger partial charge in [-0.3, -0.25) is 4.68 Å². The van der Waals surface area contributed by atoms with E-state index >= 15 is 0 Å². The molecular formula is C16H26N4O. The van der Waals surface area contributed by atoms with Gasteiger partial charge in [0.15, 0.2) is 0 Å². The highest BCUT2D eigenvalue weighted by Crippen LogP contribution is 2.43. The van der Waals surface area contributed by atoms with Crippen molar-refractivity contribution < 1.29 is 4.79 Å². The summed E-state index contributed by atoms with van der Waals surface area (Å²) in [5.74, 6) is 0. The number of likely N-dealkylation sites (tertiary alicyclic amines) is 1. The minimum Gasteiger partial charge on any atom is -0.334 e. The quantitative estimate of drug-likeness (QED) is 0.910. The van der Waals surface area contributed by atoms with Gasteiger partial charge in [-0.05, 0) is 31.1 Å². The van der Waals surface area contributed by atoms with Gasteiger partial charge in [-0.25, -0.2) is 4.79 Å². The predicted octanol–water partition coefficient (Wildman–Crippen LogP) is 2.68. The average Bonchev–Trinajstić information content (AvgIpc) is 2.91. The molecule has 2 amide bonds. The van der Waals surface area contributed by atoms with E-state index in [1.54, 1.807) is 10.9 Å². The molecule has 1 N–H and O–H groups in total. The molecule has 1 aliphatic heterocycles. The van der Waals surface area contributed by atoms with E-state index in [9.17, 15) is 4.79 Å². The Balaban J connectivity index is 1.54. The maximum absolute atomic E-state index is 12.4.